The van der Waals surface area contributed by atoms with Crippen molar-refractivity contribution in [3.8, 4) is 0 Å². The smallest absolute Gasteiger partial charge is 0.271 e. The number of ether oxygens (including phenoxy) is 1. The fourth-order valence-corrected chi connectivity index (χ4v) is 4.29. The Balaban J connectivity index is 1.76. The zero-order chi connectivity index (χ0) is 17.6. The van der Waals surface area contributed by atoms with Gasteiger partial charge in [0, 0.05) is 44.5 Å². The Hall–Kier alpha value is -1.40. The molecule has 1 heterocycles. The molecule has 1 aromatic heterocycles. The van der Waals surface area contributed by atoms with Gasteiger partial charge in [-0.05, 0) is 38.0 Å². The highest BCUT2D eigenvalue weighted by Gasteiger charge is 2.29. The van der Waals surface area contributed by atoms with Crippen LogP contribution in [0.1, 0.15) is 60.3 Å². The highest BCUT2D eigenvalue weighted by molar-refractivity contribution is 5.93. The minimum Gasteiger partial charge on any atom is -0.383 e. The van der Waals surface area contributed by atoms with E-state index in [0.29, 0.717) is 24.3 Å². The number of aromatic nitrogens is 2. The summed E-state index contributed by atoms with van der Waals surface area (Å²) in [6, 6.07) is 0.401. The summed E-state index contributed by atoms with van der Waals surface area (Å²) in [4.78, 5) is 12.3. The third-order valence-electron chi connectivity index (χ3n) is 5.68. The summed E-state index contributed by atoms with van der Waals surface area (Å²) >= 11 is 0. The number of hydrogen-bond acceptors (Lipinski definition) is 4. The molecule has 0 spiro atoms. The van der Waals surface area contributed by atoms with Gasteiger partial charge >= 0.3 is 0 Å². The van der Waals surface area contributed by atoms with Crippen LogP contribution in [0.4, 0.5) is 0 Å². The molecule has 0 bridgehead atoms. The van der Waals surface area contributed by atoms with Crippen LogP contribution in [0.15, 0.2) is 0 Å². The van der Waals surface area contributed by atoms with Gasteiger partial charge in [0.1, 0.15) is 0 Å². The monoisotopic (exact) mass is 348 g/mol. The summed E-state index contributed by atoms with van der Waals surface area (Å²) < 4.78 is 7.28. The van der Waals surface area contributed by atoms with Crippen molar-refractivity contribution in [2.45, 2.75) is 64.0 Å². The molecule has 1 saturated carbocycles. The van der Waals surface area contributed by atoms with Gasteiger partial charge in [-0.25, -0.2) is 0 Å². The maximum Gasteiger partial charge on any atom is 0.271 e. The molecule has 2 aliphatic rings. The number of nitrogens with zero attached hydrogens (tertiary/aromatic N) is 2. The highest BCUT2D eigenvalue weighted by atomic mass is 16.5. The average Bonchev–Trinajstić information content (AvgIpc) is 3.00. The molecule has 2 N–H and O–H groups in total. The molecule has 0 aliphatic heterocycles. The number of methoxy groups -OCH3 is 1. The standard InChI is InChI=1S/C19H32N4O2/c1-20-19(24)18-16-12-15(21-10-11-25-2)8-9-17(16)23(22-18)13-14-6-4-3-5-7-14/h14-15,21H,3-13H2,1-2H3,(H,20,24)/t15-/m0/s1. The summed E-state index contributed by atoms with van der Waals surface area (Å²) in [5.41, 5.74) is 3.07. The molecular formula is C19H32N4O2. The van der Waals surface area contributed by atoms with E-state index in [0.717, 1.165) is 37.9 Å². The Morgan fingerprint density at radius 2 is 2.08 bits per heavy atom. The van der Waals surface area contributed by atoms with E-state index in [2.05, 4.69) is 15.3 Å². The minimum absolute atomic E-state index is 0.0591. The Kier molecular flexibility index (Phi) is 6.48. The van der Waals surface area contributed by atoms with Crippen LogP contribution in [0.3, 0.4) is 0 Å². The molecule has 1 fully saturated rings. The van der Waals surface area contributed by atoms with Crippen molar-refractivity contribution in [1.82, 2.24) is 20.4 Å². The van der Waals surface area contributed by atoms with Crippen molar-refractivity contribution < 1.29 is 9.53 Å². The van der Waals surface area contributed by atoms with Gasteiger partial charge in [-0.3, -0.25) is 9.48 Å². The van der Waals surface area contributed by atoms with E-state index >= 15 is 0 Å². The number of carbonyl (C=O) groups is 1. The largest absolute Gasteiger partial charge is 0.383 e. The average molecular weight is 348 g/mol. The Labute approximate surface area is 150 Å². The lowest BCUT2D eigenvalue weighted by atomic mass is 9.88. The van der Waals surface area contributed by atoms with Crippen molar-refractivity contribution in [1.29, 1.82) is 0 Å². The Morgan fingerprint density at radius 3 is 2.80 bits per heavy atom. The van der Waals surface area contributed by atoms with Gasteiger partial charge in [0.25, 0.3) is 5.91 Å². The van der Waals surface area contributed by atoms with E-state index in [1.165, 1.54) is 37.8 Å². The first-order chi connectivity index (χ1) is 12.2. The first-order valence-electron chi connectivity index (χ1n) is 9.76. The van der Waals surface area contributed by atoms with E-state index in [1.54, 1.807) is 14.2 Å². The molecule has 2 aliphatic carbocycles. The fraction of sp³-hybridized carbons (Fsp3) is 0.789. The maximum atomic E-state index is 12.3. The lowest BCUT2D eigenvalue weighted by molar-refractivity contribution is 0.0956. The maximum absolute atomic E-state index is 12.3. The van der Waals surface area contributed by atoms with Gasteiger partial charge in [0.15, 0.2) is 5.69 Å². The lowest BCUT2D eigenvalue weighted by Gasteiger charge is -2.26. The van der Waals surface area contributed by atoms with Gasteiger partial charge in [0.2, 0.25) is 0 Å². The predicted octanol–water partition coefficient (Wildman–Crippen LogP) is 1.92. The van der Waals surface area contributed by atoms with Gasteiger partial charge in [-0.15, -0.1) is 0 Å². The van der Waals surface area contributed by atoms with Crippen LogP contribution in [0.5, 0.6) is 0 Å². The first kappa shape index (κ1) is 18.4. The second-order valence-electron chi connectivity index (χ2n) is 7.43. The third kappa shape index (κ3) is 4.42. The van der Waals surface area contributed by atoms with Crippen LogP contribution in [0, 0.1) is 5.92 Å². The molecule has 0 unspecified atom stereocenters. The molecule has 140 valence electrons. The fourth-order valence-electron chi connectivity index (χ4n) is 4.29. The predicted molar refractivity (Wildman–Crippen MR) is 97.9 cm³/mol. The van der Waals surface area contributed by atoms with Crippen molar-refractivity contribution in [3.05, 3.63) is 17.0 Å². The molecule has 0 aromatic carbocycles. The Morgan fingerprint density at radius 1 is 1.28 bits per heavy atom. The lowest BCUT2D eigenvalue weighted by Crippen LogP contribution is -2.37. The second kappa shape index (κ2) is 8.81. The Bertz CT molecular complexity index is 578. The van der Waals surface area contributed by atoms with E-state index in [9.17, 15) is 4.79 Å². The van der Waals surface area contributed by atoms with E-state index in [-0.39, 0.29) is 5.91 Å². The molecule has 1 aromatic rings. The van der Waals surface area contributed by atoms with Gasteiger partial charge in [0.05, 0.1) is 6.61 Å². The van der Waals surface area contributed by atoms with Crippen molar-refractivity contribution >= 4 is 5.91 Å². The molecule has 0 radical (unpaired) electrons. The highest BCUT2D eigenvalue weighted by Crippen LogP contribution is 2.29. The van der Waals surface area contributed by atoms with Crippen LogP contribution in [0.25, 0.3) is 0 Å². The number of carbonyl (C=O) groups excluding carboxylic acids is 1. The normalized spacial score (nSPS) is 21.1. The van der Waals surface area contributed by atoms with Crippen molar-refractivity contribution in [3.63, 3.8) is 0 Å². The second-order valence-corrected chi connectivity index (χ2v) is 7.43. The summed E-state index contributed by atoms with van der Waals surface area (Å²) in [5, 5.41) is 11.0. The van der Waals surface area contributed by atoms with Gasteiger partial charge in [-0.1, -0.05) is 19.3 Å². The van der Waals surface area contributed by atoms with E-state index in [4.69, 9.17) is 9.84 Å². The number of rotatable bonds is 7. The number of nitrogens with one attached hydrogen (secondary N) is 2. The summed E-state index contributed by atoms with van der Waals surface area (Å²) in [7, 11) is 3.41. The number of amides is 1. The molecular weight excluding hydrogens is 316 g/mol. The molecule has 25 heavy (non-hydrogen) atoms. The quantitative estimate of drug-likeness (QED) is 0.739. The molecule has 6 heteroatoms. The summed E-state index contributed by atoms with van der Waals surface area (Å²) in [5.74, 6) is 0.657. The van der Waals surface area contributed by atoms with Gasteiger partial charge < -0.3 is 15.4 Å². The zero-order valence-electron chi connectivity index (χ0n) is 15.6. The molecule has 1 atom stereocenters. The van der Waals surface area contributed by atoms with Crippen molar-refractivity contribution in [2.24, 2.45) is 5.92 Å². The van der Waals surface area contributed by atoms with Gasteiger partial charge in [-0.2, -0.15) is 5.10 Å². The summed E-state index contributed by atoms with van der Waals surface area (Å²) in [6.07, 6.45) is 9.61. The number of hydrogen-bond donors (Lipinski definition) is 2. The van der Waals surface area contributed by atoms with E-state index < -0.39 is 0 Å². The minimum atomic E-state index is -0.0591. The molecule has 1 amide bonds. The number of fused-ring (bicyclic) bond motifs is 1. The summed E-state index contributed by atoms with van der Waals surface area (Å²) in [6.45, 7) is 2.54. The van der Waals surface area contributed by atoms with Crippen LogP contribution >= 0.6 is 0 Å². The van der Waals surface area contributed by atoms with Crippen LogP contribution in [-0.2, 0) is 24.1 Å². The first-order valence-corrected chi connectivity index (χ1v) is 9.76. The van der Waals surface area contributed by atoms with Crippen LogP contribution < -0.4 is 10.6 Å². The topological polar surface area (TPSA) is 68.2 Å². The third-order valence-corrected chi connectivity index (χ3v) is 5.68. The molecule has 6 nitrogen and oxygen atoms in total. The van der Waals surface area contributed by atoms with E-state index in [1.807, 2.05) is 0 Å². The molecule has 3 rings (SSSR count). The zero-order valence-corrected chi connectivity index (χ0v) is 15.6. The molecule has 0 saturated heterocycles. The van der Waals surface area contributed by atoms with Crippen LogP contribution in [0.2, 0.25) is 0 Å². The SMILES string of the molecule is CNC(=O)c1nn(CC2CCCCC2)c2c1C[C@@H](NCCOC)CC2. The van der Waals surface area contributed by atoms with Crippen molar-refractivity contribution in [2.75, 3.05) is 27.3 Å². The van der Waals surface area contributed by atoms with Crippen LogP contribution in [-0.4, -0.2) is 49.0 Å².